The lowest BCUT2D eigenvalue weighted by atomic mass is 10.1. The van der Waals surface area contributed by atoms with Crippen molar-refractivity contribution in [1.82, 2.24) is 0 Å². The fraction of sp³-hybridized carbons (Fsp3) is 0.0909. The minimum absolute atomic E-state index is 0.245. The van der Waals surface area contributed by atoms with Gasteiger partial charge in [-0.1, -0.05) is 24.3 Å². The minimum atomic E-state index is -0.950. The van der Waals surface area contributed by atoms with Gasteiger partial charge in [0.25, 0.3) is 0 Å². The van der Waals surface area contributed by atoms with Crippen LogP contribution in [0.3, 0.4) is 0 Å². The van der Waals surface area contributed by atoms with E-state index in [1.54, 1.807) is 37.6 Å². The summed E-state index contributed by atoms with van der Waals surface area (Å²) in [6.45, 7) is 0.306. The molecule has 0 aliphatic heterocycles. The summed E-state index contributed by atoms with van der Waals surface area (Å²) >= 11 is 3.47. The van der Waals surface area contributed by atoms with Crippen LogP contribution in [-0.2, 0) is 6.61 Å². The molecule has 28 heavy (non-hydrogen) atoms. The Hall–Kier alpha value is -3.12. The summed E-state index contributed by atoms with van der Waals surface area (Å²) in [5.74, 6) is 0.245. The molecule has 0 aliphatic rings. The molecule has 142 valence electrons. The summed E-state index contributed by atoms with van der Waals surface area (Å²) in [5, 5.41) is 8.95. The van der Waals surface area contributed by atoms with E-state index < -0.39 is 5.97 Å². The van der Waals surface area contributed by atoms with E-state index in [2.05, 4.69) is 20.9 Å². The molecule has 0 atom stereocenters. The van der Waals surface area contributed by atoms with Crippen LogP contribution in [0, 0.1) is 0 Å². The van der Waals surface area contributed by atoms with E-state index >= 15 is 0 Å². The fourth-order valence-electron chi connectivity index (χ4n) is 2.49. The van der Waals surface area contributed by atoms with Gasteiger partial charge in [-0.3, -0.25) is 4.99 Å². The smallest absolute Gasteiger partial charge is 0.335 e. The van der Waals surface area contributed by atoms with Crippen LogP contribution in [0.5, 0.6) is 11.5 Å². The summed E-state index contributed by atoms with van der Waals surface area (Å²) in [6.07, 6.45) is 1.76. The minimum Gasteiger partial charge on any atom is -0.493 e. The van der Waals surface area contributed by atoms with Gasteiger partial charge in [-0.2, -0.15) is 0 Å². The third kappa shape index (κ3) is 4.98. The molecule has 0 radical (unpaired) electrons. The summed E-state index contributed by atoms with van der Waals surface area (Å²) in [4.78, 5) is 15.4. The van der Waals surface area contributed by atoms with Gasteiger partial charge in [-0.05, 0) is 69.5 Å². The van der Waals surface area contributed by atoms with Crippen LogP contribution in [-0.4, -0.2) is 24.4 Å². The van der Waals surface area contributed by atoms with Gasteiger partial charge in [0.1, 0.15) is 6.61 Å². The van der Waals surface area contributed by atoms with Gasteiger partial charge in [0.05, 0.1) is 18.4 Å². The largest absolute Gasteiger partial charge is 0.493 e. The number of para-hydroxylation sites is 1. The highest BCUT2D eigenvalue weighted by molar-refractivity contribution is 9.10. The Labute approximate surface area is 171 Å². The van der Waals surface area contributed by atoms with Crippen LogP contribution in [0.2, 0.25) is 0 Å². The maximum absolute atomic E-state index is 10.9. The summed E-state index contributed by atoms with van der Waals surface area (Å²) in [6, 6.07) is 19.9. The molecule has 0 spiro atoms. The SMILES string of the molecule is COc1cc(C=Nc2ccccc2Br)ccc1OCc1ccc(C(=O)O)cc1. The molecule has 1 N–H and O–H groups in total. The average Bonchev–Trinajstić information content (AvgIpc) is 2.72. The zero-order chi connectivity index (χ0) is 19.9. The first kappa shape index (κ1) is 19.6. The standard InChI is InChI=1S/C22H18BrNO4/c1-27-21-12-16(13-24-19-5-3-2-4-18(19)23)8-11-20(21)28-14-15-6-9-17(10-7-15)22(25)26/h2-13H,14H2,1H3,(H,25,26). The molecule has 0 heterocycles. The number of hydrogen-bond donors (Lipinski definition) is 1. The number of benzene rings is 3. The van der Waals surface area contributed by atoms with Crippen molar-refractivity contribution in [3.8, 4) is 11.5 Å². The molecule has 5 nitrogen and oxygen atoms in total. The first-order valence-electron chi connectivity index (χ1n) is 8.48. The van der Waals surface area contributed by atoms with Crippen molar-refractivity contribution in [3.05, 3.63) is 87.9 Å². The molecule has 0 fully saturated rings. The highest BCUT2D eigenvalue weighted by atomic mass is 79.9. The first-order valence-corrected chi connectivity index (χ1v) is 9.28. The Kier molecular flexibility index (Phi) is 6.45. The Morgan fingerprint density at radius 1 is 1.07 bits per heavy atom. The number of nitrogens with zero attached hydrogens (tertiary/aromatic N) is 1. The van der Waals surface area contributed by atoms with Gasteiger partial charge in [-0.25, -0.2) is 4.79 Å². The van der Waals surface area contributed by atoms with Crippen molar-refractivity contribution in [2.24, 2.45) is 4.99 Å². The van der Waals surface area contributed by atoms with Crippen molar-refractivity contribution < 1.29 is 19.4 Å². The van der Waals surface area contributed by atoms with Crippen molar-refractivity contribution in [1.29, 1.82) is 0 Å². The number of halogens is 1. The summed E-state index contributed by atoms with van der Waals surface area (Å²) in [5.41, 5.74) is 2.83. The zero-order valence-electron chi connectivity index (χ0n) is 15.1. The maximum atomic E-state index is 10.9. The number of aliphatic imine (C=N–C) groups is 1. The second-order valence-corrected chi connectivity index (χ2v) is 6.76. The molecular weight excluding hydrogens is 422 g/mol. The second kappa shape index (κ2) is 9.19. The van der Waals surface area contributed by atoms with Crippen molar-refractivity contribution in [3.63, 3.8) is 0 Å². The van der Waals surface area contributed by atoms with Gasteiger partial charge < -0.3 is 14.6 Å². The normalized spacial score (nSPS) is 10.8. The molecule has 0 saturated carbocycles. The molecule has 0 aliphatic carbocycles. The average molecular weight is 440 g/mol. The van der Waals surface area contributed by atoms with E-state index in [0.717, 1.165) is 21.3 Å². The van der Waals surface area contributed by atoms with Crippen molar-refractivity contribution >= 4 is 33.8 Å². The van der Waals surface area contributed by atoms with E-state index in [0.29, 0.717) is 18.1 Å². The highest BCUT2D eigenvalue weighted by Crippen LogP contribution is 2.29. The third-order valence-corrected chi connectivity index (χ3v) is 4.66. The Morgan fingerprint density at radius 2 is 1.82 bits per heavy atom. The number of carboxylic acids is 1. The molecule has 0 aromatic heterocycles. The molecule has 3 aromatic carbocycles. The Balaban J connectivity index is 1.70. The molecule has 3 rings (SSSR count). The molecular formula is C22H18BrNO4. The maximum Gasteiger partial charge on any atom is 0.335 e. The lowest BCUT2D eigenvalue weighted by Crippen LogP contribution is -2.00. The lowest BCUT2D eigenvalue weighted by molar-refractivity contribution is 0.0697. The number of hydrogen-bond acceptors (Lipinski definition) is 4. The molecule has 0 bridgehead atoms. The van der Waals surface area contributed by atoms with Crippen LogP contribution in [0.1, 0.15) is 21.5 Å². The van der Waals surface area contributed by atoms with Gasteiger partial charge in [0.15, 0.2) is 11.5 Å². The number of aromatic carboxylic acids is 1. The molecule has 6 heteroatoms. The van der Waals surface area contributed by atoms with E-state index in [1.807, 2.05) is 42.5 Å². The molecule has 0 unspecified atom stereocenters. The predicted molar refractivity (Wildman–Crippen MR) is 112 cm³/mol. The van der Waals surface area contributed by atoms with Gasteiger partial charge in [-0.15, -0.1) is 0 Å². The van der Waals surface area contributed by atoms with E-state index in [-0.39, 0.29) is 5.56 Å². The number of rotatable bonds is 7. The van der Waals surface area contributed by atoms with Gasteiger partial charge in [0, 0.05) is 10.7 Å². The monoisotopic (exact) mass is 439 g/mol. The van der Waals surface area contributed by atoms with Crippen molar-refractivity contribution in [2.45, 2.75) is 6.61 Å². The quantitative estimate of drug-likeness (QED) is 0.494. The lowest BCUT2D eigenvalue weighted by Gasteiger charge is -2.11. The molecule has 0 saturated heterocycles. The number of ether oxygens (including phenoxy) is 2. The number of methoxy groups -OCH3 is 1. The summed E-state index contributed by atoms with van der Waals surface area (Å²) < 4.78 is 12.2. The molecule has 0 amide bonds. The highest BCUT2D eigenvalue weighted by Gasteiger charge is 2.07. The van der Waals surface area contributed by atoms with Gasteiger partial charge >= 0.3 is 5.97 Å². The predicted octanol–water partition coefficient (Wildman–Crippen LogP) is 5.49. The van der Waals surface area contributed by atoms with Crippen molar-refractivity contribution in [2.75, 3.05) is 7.11 Å². The number of carboxylic acid groups (broad SMARTS) is 1. The van der Waals surface area contributed by atoms with Crippen LogP contribution in [0.4, 0.5) is 5.69 Å². The number of carbonyl (C=O) groups is 1. The second-order valence-electron chi connectivity index (χ2n) is 5.91. The first-order chi connectivity index (χ1) is 13.6. The zero-order valence-corrected chi connectivity index (χ0v) is 16.7. The van der Waals surface area contributed by atoms with E-state index in [1.165, 1.54) is 0 Å². The van der Waals surface area contributed by atoms with Gasteiger partial charge in [0.2, 0.25) is 0 Å². The fourth-order valence-corrected chi connectivity index (χ4v) is 2.88. The van der Waals surface area contributed by atoms with E-state index in [9.17, 15) is 4.79 Å². The molecule has 3 aromatic rings. The van der Waals surface area contributed by atoms with Crippen LogP contribution in [0.25, 0.3) is 0 Å². The van der Waals surface area contributed by atoms with E-state index in [4.69, 9.17) is 14.6 Å². The topological polar surface area (TPSA) is 68.1 Å². The summed E-state index contributed by atoms with van der Waals surface area (Å²) in [7, 11) is 1.58. The Bertz CT molecular complexity index is 1000. The third-order valence-electron chi connectivity index (χ3n) is 3.99. The van der Waals surface area contributed by atoms with Crippen LogP contribution in [0.15, 0.2) is 76.2 Å². The van der Waals surface area contributed by atoms with Crippen LogP contribution < -0.4 is 9.47 Å². The van der Waals surface area contributed by atoms with Crippen LogP contribution >= 0.6 is 15.9 Å². The Morgan fingerprint density at radius 3 is 2.50 bits per heavy atom.